The second-order valence-electron chi connectivity index (χ2n) is 5.62. The molecule has 3 nitrogen and oxygen atoms in total. The summed E-state index contributed by atoms with van der Waals surface area (Å²) in [6.07, 6.45) is 1.81. The molecule has 0 saturated carbocycles. The first kappa shape index (κ1) is 18.1. The van der Waals surface area contributed by atoms with Crippen molar-refractivity contribution in [3.8, 4) is 5.75 Å². The molecule has 5 heteroatoms. The van der Waals surface area contributed by atoms with Gasteiger partial charge in [-0.25, -0.2) is 4.39 Å². The van der Waals surface area contributed by atoms with Gasteiger partial charge in [-0.3, -0.25) is 4.79 Å². The predicted molar refractivity (Wildman–Crippen MR) is 97.1 cm³/mol. The minimum atomic E-state index is -1.10. The summed E-state index contributed by atoms with van der Waals surface area (Å²) in [5.41, 5.74) is -0.376. The number of thioether (sulfide) groups is 1. The van der Waals surface area contributed by atoms with Crippen molar-refractivity contribution in [3.05, 3.63) is 67.0 Å². The van der Waals surface area contributed by atoms with Gasteiger partial charge in [0.05, 0.1) is 5.69 Å². The molecule has 0 spiro atoms. The summed E-state index contributed by atoms with van der Waals surface area (Å²) in [6, 6.07) is 13.2. The van der Waals surface area contributed by atoms with E-state index in [-0.39, 0.29) is 11.7 Å². The molecule has 0 aliphatic rings. The number of ether oxygens (including phenoxy) is 1. The Balaban J connectivity index is 2.10. The van der Waals surface area contributed by atoms with E-state index in [9.17, 15) is 9.18 Å². The number of halogens is 1. The number of carbonyl (C=O) groups is 1. The normalized spacial score (nSPS) is 11.0. The highest BCUT2D eigenvalue weighted by Crippen LogP contribution is 2.28. The topological polar surface area (TPSA) is 38.3 Å². The number of benzene rings is 2. The van der Waals surface area contributed by atoms with Gasteiger partial charge < -0.3 is 10.1 Å². The van der Waals surface area contributed by atoms with Gasteiger partial charge in [-0.05, 0) is 50.2 Å². The zero-order valence-electron chi connectivity index (χ0n) is 13.7. The molecular weight excluding hydrogens is 325 g/mol. The van der Waals surface area contributed by atoms with E-state index in [1.807, 2.05) is 30.3 Å². The van der Waals surface area contributed by atoms with E-state index >= 15 is 0 Å². The fraction of sp³-hybridized carbons (Fsp3) is 0.211. The molecule has 1 amide bonds. The van der Waals surface area contributed by atoms with Gasteiger partial charge >= 0.3 is 0 Å². The first-order valence-electron chi connectivity index (χ1n) is 7.51. The van der Waals surface area contributed by atoms with Crippen LogP contribution in [0.4, 0.5) is 10.1 Å². The summed E-state index contributed by atoms with van der Waals surface area (Å²) in [5.74, 6) is 0.560. The standard InChI is InChI=1S/C19H20FNO2S/c1-4-13-24-17-8-6-5-7-16(17)21-18(22)19(2,3)23-15-11-9-14(20)10-12-15/h4-12H,1,13H2,2-3H3,(H,21,22). The van der Waals surface area contributed by atoms with Gasteiger partial charge in [0.2, 0.25) is 0 Å². The van der Waals surface area contributed by atoms with Gasteiger partial charge in [0.1, 0.15) is 11.6 Å². The lowest BCUT2D eigenvalue weighted by molar-refractivity contribution is -0.128. The van der Waals surface area contributed by atoms with Crippen molar-refractivity contribution in [2.75, 3.05) is 11.1 Å². The summed E-state index contributed by atoms with van der Waals surface area (Å²) in [7, 11) is 0. The van der Waals surface area contributed by atoms with Crippen molar-refractivity contribution in [2.24, 2.45) is 0 Å². The maximum atomic E-state index is 13.0. The highest BCUT2D eigenvalue weighted by molar-refractivity contribution is 7.99. The molecule has 0 heterocycles. The van der Waals surface area contributed by atoms with Crippen molar-refractivity contribution in [1.82, 2.24) is 0 Å². The van der Waals surface area contributed by atoms with Crippen molar-refractivity contribution in [3.63, 3.8) is 0 Å². The number of hydrogen-bond donors (Lipinski definition) is 1. The van der Waals surface area contributed by atoms with Gasteiger partial charge in [-0.15, -0.1) is 18.3 Å². The maximum absolute atomic E-state index is 13.0. The number of rotatable bonds is 7. The highest BCUT2D eigenvalue weighted by Gasteiger charge is 2.30. The lowest BCUT2D eigenvalue weighted by Gasteiger charge is -2.25. The number of amides is 1. The second-order valence-corrected chi connectivity index (χ2v) is 6.68. The van der Waals surface area contributed by atoms with E-state index in [2.05, 4.69) is 11.9 Å². The van der Waals surface area contributed by atoms with Crippen LogP contribution < -0.4 is 10.1 Å². The number of anilines is 1. The molecule has 0 aromatic heterocycles. The van der Waals surface area contributed by atoms with Crippen LogP contribution in [0.5, 0.6) is 5.75 Å². The molecule has 2 rings (SSSR count). The Hall–Kier alpha value is -2.27. The highest BCUT2D eigenvalue weighted by atomic mass is 32.2. The third kappa shape index (κ3) is 4.86. The van der Waals surface area contributed by atoms with Crippen molar-refractivity contribution in [1.29, 1.82) is 0 Å². The third-order valence-electron chi connectivity index (χ3n) is 3.23. The van der Waals surface area contributed by atoms with Gasteiger partial charge in [0.15, 0.2) is 5.60 Å². The zero-order chi connectivity index (χ0) is 17.6. The van der Waals surface area contributed by atoms with Crippen molar-refractivity contribution in [2.45, 2.75) is 24.3 Å². The van der Waals surface area contributed by atoms with Crippen molar-refractivity contribution >= 4 is 23.4 Å². The molecule has 0 unspecified atom stereocenters. The summed E-state index contributed by atoms with van der Waals surface area (Å²) in [4.78, 5) is 13.6. The van der Waals surface area contributed by atoms with E-state index in [0.717, 1.165) is 16.3 Å². The Bertz CT molecular complexity index is 714. The first-order valence-corrected chi connectivity index (χ1v) is 8.49. The third-order valence-corrected chi connectivity index (χ3v) is 4.29. The van der Waals surface area contributed by atoms with Gasteiger partial charge in [0.25, 0.3) is 5.91 Å². The van der Waals surface area contributed by atoms with Gasteiger partial charge in [-0.1, -0.05) is 18.2 Å². The predicted octanol–water partition coefficient (Wildman–Crippen LogP) is 4.90. The number of carbonyl (C=O) groups excluding carboxylic acids is 1. The molecule has 126 valence electrons. The first-order chi connectivity index (χ1) is 11.4. The van der Waals surface area contributed by atoms with Crippen LogP contribution in [0.1, 0.15) is 13.8 Å². The Kier molecular flexibility index (Phi) is 6.04. The van der Waals surface area contributed by atoms with Crippen LogP contribution in [0.25, 0.3) is 0 Å². The van der Waals surface area contributed by atoms with E-state index in [1.165, 1.54) is 24.3 Å². The van der Waals surface area contributed by atoms with Crippen LogP contribution in [0.2, 0.25) is 0 Å². The van der Waals surface area contributed by atoms with Crippen LogP contribution in [0, 0.1) is 5.82 Å². The Morgan fingerprint density at radius 1 is 1.25 bits per heavy atom. The summed E-state index contributed by atoms with van der Waals surface area (Å²) >= 11 is 1.59. The maximum Gasteiger partial charge on any atom is 0.268 e. The van der Waals surface area contributed by atoms with Crippen LogP contribution in [-0.2, 0) is 4.79 Å². The number of nitrogens with one attached hydrogen (secondary N) is 1. The monoisotopic (exact) mass is 345 g/mol. The lowest BCUT2D eigenvalue weighted by atomic mass is 10.1. The van der Waals surface area contributed by atoms with Crippen LogP contribution >= 0.6 is 11.8 Å². The molecule has 0 fully saturated rings. The molecule has 0 saturated heterocycles. The van der Waals surface area contributed by atoms with E-state index in [4.69, 9.17) is 4.74 Å². The molecular formula is C19H20FNO2S. The minimum absolute atomic E-state index is 0.279. The fourth-order valence-corrected chi connectivity index (χ4v) is 2.71. The fourth-order valence-electron chi connectivity index (χ4n) is 1.96. The molecule has 0 aliphatic heterocycles. The average Bonchev–Trinajstić information content (AvgIpc) is 2.56. The number of para-hydroxylation sites is 1. The lowest BCUT2D eigenvalue weighted by Crippen LogP contribution is -2.42. The quantitative estimate of drug-likeness (QED) is 0.573. The average molecular weight is 345 g/mol. The molecule has 0 aliphatic carbocycles. The van der Waals surface area contributed by atoms with E-state index in [1.54, 1.807) is 25.6 Å². The molecule has 2 aromatic rings. The molecule has 0 atom stereocenters. The van der Waals surface area contributed by atoms with E-state index < -0.39 is 5.60 Å². The molecule has 0 radical (unpaired) electrons. The molecule has 2 aromatic carbocycles. The van der Waals surface area contributed by atoms with Crippen LogP contribution in [0.3, 0.4) is 0 Å². The summed E-state index contributed by atoms with van der Waals surface area (Å²) < 4.78 is 18.7. The Morgan fingerprint density at radius 3 is 2.58 bits per heavy atom. The van der Waals surface area contributed by atoms with Crippen LogP contribution in [-0.4, -0.2) is 17.3 Å². The zero-order valence-corrected chi connectivity index (χ0v) is 14.5. The minimum Gasteiger partial charge on any atom is -0.478 e. The second kappa shape index (κ2) is 8.02. The van der Waals surface area contributed by atoms with Gasteiger partial charge in [-0.2, -0.15) is 0 Å². The molecule has 0 bridgehead atoms. The molecule has 1 N–H and O–H groups in total. The van der Waals surface area contributed by atoms with E-state index in [0.29, 0.717) is 5.75 Å². The smallest absolute Gasteiger partial charge is 0.268 e. The van der Waals surface area contributed by atoms with Crippen molar-refractivity contribution < 1.29 is 13.9 Å². The Morgan fingerprint density at radius 2 is 1.92 bits per heavy atom. The number of hydrogen-bond acceptors (Lipinski definition) is 3. The largest absolute Gasteiger partial charge is 0.478 e. The summed E-state index contributed by atoms with van der Waals surface area (Å²) in [6.45, 7) is 7.05. The molecule has 24 heavy (non-hydrogen) atoms. The Labute approximate surface area is 145 Å². The van der Waals surface area contributed by atoms with Crippen LogP contribution in [0.15, 0.2) is 66.1 Å². The summed E-state index contributed by atoms with van der Waals surface area (Å²) in [5, 5.41) is 2.90. The van der Waals surface area contributed by atoms with Gasteiger partial charge in [0, 0.05) is 10.6 Å². The SMILES string of the molecule is C=CCSc1ccccc1NC(=O)C(C)(C)Oc1ccc(F)cc1.